The lowest BCUT2D eigenvalue weighted by Crippen LogP contribution is -2.27. The molecule has 0 spiro atoms. The molecule has 0 amide bonds. The standard InChI is InChI=1S/C15H15NO2/c1-9-6-7-11-13(8-9)16-12-5-3-2-4-10(12)14(11)15(17)18/h2-5,9H,6-8H2,1H3,(H,17,18)/p-1/t9-/m1/s1. The molecular weight excluding hydrogens is 226 g/mol. The number of pyridine rings is 1. The molecule has 2 aromatic rings. The highest BCUT2D eigenvalue weighted by Crippen LogP contribution is 2.30. The molecule has 92 valence electrons. The summed E-state index contributed by atoms with van der Waals surface area (Å²) in [5.74, 6) is -0.514. The van der Waals surface area contributed by atoms with E-state index >= 15 is 0 Å². The number of hydrogen-bond acceptors (Lipinski definition) is 3. The Balaban J connectivity index is 2.35. The monoisotopic (exact) mass is 240 g/mol. The summed E-state index contributed by atoms with van der Waals surface area (Å²) in [6.07, 6.45) is 2.67. The van der Waals surface area contributed by atoms with Crippen molar-refractivity contribution in [2.45, 2.75) is 26.2 Å². The number of fused-ring (bicyclic) bond motifs is 2. The van der Waals surface area contributed by atoms with Crippen molar-refractivity contribution in [1.29, 1.82) is 0 Å². The van der Waals surface area contributed by atoms with Crippen LogP contribution in [0.5, 0.6) is 0 Å². The fourth-order valence-corrected chi connectivity index (χ4v) is 2.80. The smallest absolute Gasteiger partial charge is 0.0725 e. The second kappa shape index (κ2) is 4.09. The number of carboxylic acids is 1. The highest BCUT2D eigenvalue weighted by atomic mass is 16.4. The third-order valence-electron chi connectivity index (χ3n) is 3.71. The van der Waals surface area contributed by atoms with Gasteiger partial charge in [-0.15, -0.1) is 0 Å². The second-order valence-corrected chi connectivity index (χ2v) is 5.06. The van der Waals surface area contributed by atoms with Gasteiger partial charge < -0.3 is 9.90 Å². The molecule has 1 aliphatic carbocycles. The largest absolute Gasteiger partial charge is 0.545 e. The average molecular weight is 240 g/mol. The summed E-state index contributed by atoms with van der Waals surface area (Å²) < 4.78 is 0. The molecule has 0 saturated carbocycles. The minimum absolute atomic E-state index is 0.350. The number of benzene rings is 1. The third-order valence-corrected chi connectivity index (χ3v) is 3.71. The number of aromatic carboxylic acids is 1. The van der Waals surface area contributed by atoms with Crippen molar-refractivity contribution >= 4 is 16.9 Å². The molecule has 3 rings (SSSR count). The Labute approximate surface area is 105 Å². The van der Waals surface area contributed by atoms with Crippen LogP contribution in [-0.2, 0) is 12.8 Å². The Morgan fingerprint density at radius 2 is 2.17 bits per heavy atom. The van der Waals surface area contributed by atoms with Crippen LogP contribution in [0.1, 0.15) is 35.0 Å². The number of para-hydroxylation sites is 1. The third kappa shape index (κ3) is 1.67. The van der Waals surface area contributed by atoms with E-state index in [0.717, 1.165) is 36.0 Å². The van der Waals surface area contributed by atoms with Crippen LogP contribution in [0.15, 0.2) is 24.3 Å². The van der Waals surface area contributed by atoms with Gasteiger partial charge in [-0.05, 0) is 36.8 Å². The summed E-state index contributed by atoms with van der Waals surface area (Å²) >= 11 is 0. The summed E-state index contributed by atoms with van der Waals surface area (Å²) in [4.78, 5) is 16.0. The molecule has 3 nitrogen and oxygen atoms in total. The maximum absolute atomic E-state index is 11.4. The molecule has 1 aromatic carbocycles. The van der Waals surface area contributed by atoms with Crippen molar-refractivity contribution in [1.82, 2.24) is 4.98 Å². The van der Waals surface area contributed by atoms with Gasteiger partial charge in [0.2, 0.25) is 0 Å². The van der Waals surface area contributed by atoms with E-state index in [2.05, 4.69) is 11.9 Å². The van der Waals surface area contributed by atoms with Crippen LogP contribution in [0.4, 0.5) is 0 Å². The van der Waals surface area contributed by atoms with Crippen molar-refractivity contribution < 1.29 is 9.90 Å². The quantitative estimate of drug-likeness (QED) is 0.762. The van der Waals surface area contributed by atoms with E-state index in [0.29, 0.717) is 16.9 Å². The Morgan fingerprint density at radius 3 is 2.94 bits per heavy atom. The number of rotatable bonds is 1. The van der Waals surface area contributed by atoms with Crippen LogP contribution in [0.2, 0.25) is 0 Å². The van der Waals surface area contributed by atoms with E-state index in [1.807, 2.05) is 24.3 Å². The zero-order valence-electron chi connectivity index (χ0n) is 10.3. The van der Waals surface area contributed by atoms with Crippen molar-refractivity contribution in [2.75, 3.05) is 0 Å². The van der Waals surface area contributed by atoms with Gasteiger partial charge in [0.25, 0.3) is 0 Å². The number of carboxylic acid groups (broad SMARTS) is 1. The molecule has 0 N–H and O–H groups in total. The molecule has 3 heteroatoms. The number of carbonyl (C=O) groups excluding carboxylic acids is 1. The van der Waals surface area contributed by atoms with Crippen LogP contribution < -0.4 is 5.11 Å². The van der Waals surface area contributed by atoms with Gasteiger partial charge >= 0.3 is 0 Å². The molecule has 0 aliphatic heterocycles. The summed E-state index contributed by atoms with van der Waals surface area (Å²) in [5.41, 5.74) is 2.92. The Bertz CT molecular complexity index is 634. The summed E-state index contributed by atoms with van der Waals surface area (Å²) in [6.45, 7) is 2.18. The van der Waals surface area contributed by atoms with E-state index in [9.17, 15) is 9.90 Å². The summed E-state index contributed by atoms with van der Waals surface area (Å²) in [7, 11) is 0. The van der Waals surface area contributed by atoms with Gasteiger partial charge in [0.1, 0.15) is 0 Å². The first kappa shape index (κ1) is 11.2. The van der Waals surface area contributed by atoms with Gasteiger partial charge in [0.05, 0.1) is 11.5 Å². The molecular formula is C15H14NO2-. The molecule has 0 bridgehead atoms. The first-order chi connectivity index (χ1) is 8.66. The molecule has 1 atom stereocenters. The number of hydrogen-bond donors (Lipinski definition) is 0. The minimum atomic E-state index is -1.08. The summed E-state index contributed by atoms with van der Waals surface area (Å²) in [6, 6.07) is 7.40. The zero-order valence-corrected chi connectivity index (χ0v) is 10.3. The average Bonchev–Trinajstić information content (AvgIpc) is 2.35. The normalized spacial score (nSPS) is 18.6. The molecule has 0 fully saturated rings. The molecule has 0 radical (unpaired) electrons. The van der Waals surface area contributed by atoms with Crippen LogP contribution >= 0.6 is 0 Å². The number of nitrogens with zero attached hydrogens (tertiary/aromatic N) is 1. The van der Waals surface area contributed by atoms with Crippen molar-refractivity contribution in [3.63, 3.8) is 0 Å². The van der Waals surface area contributed by atoms with E-state index in [4.69, 9.17) is 0 Å². The predicted molar refractivity (Wildman–Crippen MR) is 67.3 cm³/mol. The lowest BCUT2D eigenvalue weighted by Gasteiger charge is -2.24. The van der Waals surface area contributed by atoms with Gasteiger partial charge in [-0.3, -0.25) is 4.98 Å². The minimum Gasteiger partial charge on any atom is -0.545 e. The SMILES string of the molecule is C[C@@H]1CCc2c(nc3ccccc3c2C(=O)[O-])C1. The predicted octanol–water partition coefficient (Wildman–Crippen LogP) is 1.72. The van der Waals surface area contributed by atoms with Gasteiger partial charge in [-0.2, -0.15) is 0 Å². The van der Waals surface area contributed by atoms with Crippen LogP contribution in [0.3, 0.4) is 0 Å². The topological polar surface area (TPSA) is 53.0 Å². The Hall–Kier alpha value is -1.90. The number of aromatic nitrogens is 1. The molecule has 18 heavy (non-hydrogen) atoms. The summed E-state index contributed by atoms with van der Waals surface area (Å²) in [5, 5.41) is 12.1. The van der Waals surface area contributed by atoms with Crippen molar-refractivity contribution in [3.05, 3.63) is 41.1 Å². The van der Waals surface area contributed by atoms with Crippen molar-refractivity contribution in [2.24, 2.45) is 5.92 Å². The van der Waals surface area contributed by atoms with Crippen LogP contribution in [0, 0.1) is 5.92 Å². The highest BCUT2D eigenvalue weighted by Gasteiger charge is 2.21. The van der Waals surface area contributed by atoms with E-state index in [-0.39, 0.29) is 0 Å². The Kier molecular flexibility index (Phi) is 2.54. The molecule has 1 aromatic heterocycles. The van der Waals surface area contributed by atoms with Gasteiger partial charge in [0, 0.05) is 16.6 Å². The molecule has 0 unspecified atom stereocenters. The fourth-order valence-electron chi connectivity index (χ4n) is 2.80. The van der Waals surface area contributed by atoms with Gasteiger partial charge in [-0.25, -0.2) is 0 Å². The first-order valence-electron chi connectivity index (χ1n) is 6.28. The Morgan fingerprint density at radius 1 is 1.39 bits per heavy atom. The van der Waals surface area contributed by atoms with E-state index in [1.54, 1.807) is 0 Å². The second-order valence-electron chi connectivity index (χ2n) is 5.06. The first-order valence-corrected chi connectivity index (χ1v) is 6.28. The molecule has 1 heterocycles. The van der Waals surface area contributed by atoms with Crippen LogP contribution in [-0.4, -0.2) is 11.0 Å². The van der Waals surface area contributed by atoms with Crippen LogP contribution in [0.25, 0.3) is 10.9 Å². The number of carbonyl (C=O) groups is 1. The van der Waals surface area contributed by atoms with E-state index < -0.39 is 5.97 Å². The highest BCUT2D eigenvalue weighted by molar-refractivity contribution is 6.03. The maximum atomic E-state index is 11.4. The fraction of sp³-hybridized carbons (Fsp3) is 0.333. The lowest BCUT2D eigenvalue weighted by molar-refractivity contribution is -0.254. The van der Waals surface area contributed by atoms with Gasteiger partial charge in [-0.1, -0.05) is 25.1 Å². The zero-order chi connectivity index (χ0) is 12.7. The van der Waals surface area contributed by atoms with Gasteiger partial charge in [0.15, 0.2) is 0 Å². The molecule has 0 saturated heterocycles. The van der Waals surface area contributed by atoms with Crippen molar-refractivity contribution in [3.8, 4) is 0 Å². The lowest BCUT2D eigenvalue weighted by atomic mass is 9.84. The van der Waals surface area contributed by atoms with E-state index in [1.165, 1.54) is 0 Å². The molecule has 1 aliphatic rings. The maximum Gasteiger partial charge on any atom is 0.0725 e.